The van der Waals surface area contributed by atoms with E-state index in [4.69, 9.17) is 0 Å². The van der Waals surface area contributed by atoms with Crippen molar-refractivity contribution in [3.63, 3.8) is 0 Å². The highest BCUT2D eigenvalue weighted by Gasteiger charge is 2.19. The Morgan fingerprint density at radius 1 is 1.38 bits per heavy atom. The van der Waals surface area contributed by atoms with Gasteiger partial charge in [0.2, 0.25) is 0 Å². The van der Waals surface area contributed by atoms with Crippen molar-refractivity contribution in [2.45, 2.75) is 19.3 Å². The minimum absolute atomic E-state index is 0.221. The number of rotatable bonds is 3. The molecule has 106 valence electrons. The number of hydrogen-bond donors (Lipinski definition) is 2. The van der Waals surface area contributed by atoms with Gasteiger partial charge in [0.25, 0.3) is 5.91 Å². The Morgan fingerprint density at radius 3 is 3.14 bits per heavy atom. The third-order valence-corrected chi connectivity index (χ3v) is 5.39. The quantitative estimate of drug-likeness (QED) is 0.778. The first-order valence-corrected chi connectivity index (χ1v) is 8.38. The number of thiazole rings is 1. The molecule has 0 saturated heterocycles. The molecular formula is C14H12N4OS2. The maximum Gasteiger partial charge on any atom is 0.277 e. The molecule has 1 amide bonds. The number of aromatic amines is 1. The molecule has 0 atom stereocenters. The van der Waals surface area contributed by atoms with E-state index < -0.39 is 0 Å². The van der Waals surface area contributed by atoms with Gasteiger partial charge in [0, 0.05) is 4.88 Å². The van der Waals surface area contributed by atoms with Gasteiger partial charge in [-0.25, -0.2) is 4.98 Å². The fourth-order valence-corrected chi connectivity index (χ4v) is 4.14. The highest BCUT2D eigenvalue weighted by molar-refractivity contribution is 7.16. The molecule has 5 nitrogen and oxygen atoms in total. The van der Waals surface area contributed by atoms with Gasteiger partial charge in [0.15, 0.2) is 10.8 Å². The molecule has 0 unspecified atom stereocenters. The highest BCUT2D eigenvalue weighted by Crippen LogP contribution is 2.30. The van der Waals surface area contributed by atoms with Crippen LogP contribution in [0.3, 0.4) is 0 Å². The molecule has 21 heavy (non-hydrogen) atoms. The van der Waals surface area contributed by atoms with Crippen molar-refractivity contribution in [3.8, 4) is 10.6 Å². The van der Waals surface area contributed by atoms with Gasteiger partial charge in [-0.05, 0) is 36.8 Å². The largest absolute Gasteiger partial charge is 0.296 e. The fourth-order valence-electron chi connectivity index (χ4n) is 2.40. The summed E-state index contributed by atoms with van der Waals surface area (Å²) < 4.78 is 0. The van der Waals surface area contributed by atoms with Gasteiger partial charge in [-0.15, -0.1) is 22.7 Å². The molecule has 1 aliphatic rings. The first-order valence-electron chi connectivity index (χ1n) is 6.69. The van der Waals surface area contributed by atoms with E-state index in [9.17, 15) is 4.79 Å². The van der Waals surface area contributed by atoms with Crippen molar-refractivity contribution < 1.29 is 4.79 Å². The van der Waals surface area contributed by atoms with E-state index in [2.05, 4.69) is 20.5 Å². The van der Waals surface area contributed by atoms with Crippen molar-refractivity contribution in [2.24, 2.45) is 0 Å². The molecule has 2 N–H and O–H groups in total. The van der Waals surface area contributed by atoms with Crippen LogP contribution >= 0.6 is 22.7 Å². The maximum absolute atomic E-state index is 12.2. The van der Waals surface area contributed by atoms with Crippen molar-refractivity contribution in [1.82, 2.24) is 15.2 Å². The van der Waals surface area contributed by atoms with Gasteiger partial charge in [0.05, 0.1) is 16.3 Å². The van der Waals surface area contributed by atoms with Gasteiger partial charge in [-0.2, -0.15) is 5.10 Å². The van der Waals surface area contributed by atoms with E-state index >= 15 is 0 Å². The topological polar surface area (TPSA) is 70.7 Å². The first kappa shape index (κ1) is 12.7. The van der Waals surface area contributed by atoms with Crippen LogP contribution in [0.5, 0.6) is 0 Å². The molecule has 3 heterocycles. The number of aryl methyl sites for hydroxylation is 2. The summed E-state index contributed by atoms with van der Waals surface area (Å²) in [5.41, 5.74) is 2.38. The standard InChI is InChI=1S/C14H12N4OS2/c19-13(16-14-15-8-3-1-4-12(8)21-14)10-7-9(17-18-10)11-5-2-6-20-11/h2,5-7H,1,3-4H2,(H,17,18)(H,15,16,19). The Bertz CT molecular complexity index is 766. The fraction of sp³-hybridized carbons (Fsp3) is 0.214. The Labute approximate surface area is 129 Å². The van der Waals surface area contributed by atoms with Crippen molar-refractivity contribution >= 4 is 33.7 Å². The second-order valence-corrected chi connectivity index (χ2v) is 6.87. The normalized spacial score (nSPS) is 13.3. The van der Waals surface area contributed by atoms with Gasteiger partial charge in [-0.1, -0.05) is 6.07 Å². The lowest BCUT2D eigenvalue weighted by molar-refractivity contribution is 0.102. The van der Waals surface area contributed by atoms with Crippen molar-refractivity contribution in [2.75, 3.05) is 5.32 Å². The number of carbonyl (C=O) groups is 1. The third kappa shape index (κ3) is 2.38. The summed E-state index contributed by atoms with van der Waals surface area (Å²) in [7, 11) is 0. The number of anilines is 1. The van der Waals surface area contributed by atoms with Gasteiger partial charge < -0.3 is 0 Å². The van der Waals surface area contributed by atoms with Crippen LogP contribution in [0.2, 0.25) is 0 Å². The lowest BCUT2D eigenvalue weighted by atomic mass is 10.3. The molecule has 0 aliphatic heterocycles. The summed E-state index contributed by atoms with van der Waals surface area (Å²) in [6.07, 6.45) is 3.27. The Kier molecular flexibility index (Phi) is 3.08. The Morgan fingerprint density at radius 2 is 2.33 bits per heavy atom. The molecular weight excluding hydrogens is 304 g/mol. The molecule has 0 radical (unpaired) electrons. The van der Waals surface area contributed by atoms with Crippen molar-refractivity contribution in [1.29, 1.82) is 0 Å². The van der Waals surface area contributed by atoms with E-state index in [1.54, 1.807) is 28.7 Å². The number of carbonyl (C=O) groups excluding carboxylic acids is 1. The summed E-state index contributed by atoms with van der Waals surface area (Å²) in [6, 6.07) is 5.73. The number of fused-ring (bicyclic) bond motifs is 1. The first-order chi connectivity index (χ1) is 10.3. The summed E-state index contributed by atoms with van der Waals surface area (Å²) in [5.74, 6) is -0.221. The molecule has 0 fully saturated rings. The molecule has 3 aromatic rings. The van der Waals surface area contributed by atoms with E-state index in [0.29, 0.717) is 10.8 Å². The summed E-state index contributed by atoms with van der Waals surface area (Å²) >= 11 is 3.18. The average Bonchev–Trinajstić information content (AvgIpc) is 3.22. The average molecular weight is 316 g/mol. The zero-order valence-corrected chi connectivity index (χ0v) is 12.7. The second-order valence-electron chi connectivity index (χ2n) is 4.84. The van der Waals surface area contributed by atoms with E-state index in [1.807, 2.05) is 17.5 Å². The van der Waals surface area contributed by atoms with Gasteiger partial charge >= 0.3 is 0 Å². The molecule has 0 saturated carbocycles. The maximum atomic E-state index is 12.2. The van der Waals surface area contributed by atoms with E-state index in [-0.39, 0.29) is 5.91 Å². The van der Waals surface area contributed by atoms with Crippen LogP contribution < -0.4 is 5.32 Å². The Hall–Kier alpha value is -1.99. The van der Waals surface area contributed by atoms with Crippen LogP contribution in [0, 0.1) is 0 Å². The number of thiophene rings is 1. The second kappa shape index (κ2) is 5.09. The number of nitrogens with zero attached hydrogens (tertiary/aromatic N) is 2. The molecule has 7 heteroatoms. The minimum Gasteiger partial charge on any atom is -0.296 e. The molecule has 0 aromatic carbocycles. The van der Waals surface area contributed by atoms with Crippen LogP contribution in [0.25, 0.3) is 10.6 Å². The van der Waals surface area contributed by atoms with Crippen molar-refractivity contribution in [3.05, 3.63) is 39.8 Å². The third-order valence-electron chi connectivity index (χ3n) is 3.41. The smallest absolute Gasteiger partial charge is 0.277 e. The molecule has 1 aliphatic carbocycles. The molecule has 3 aromatic heterocycles. The predicted molar refractivity (Wildman–Crippen MR) is 84.0 cm³/mol. The molecule has 0 spiro atoms. The highest BCUT2D eigenvalue weighted by atomic mass is 32.1. The lowest BCUT2D eigenvalue weighted by Crippen LogP contribution is -2.12. The van der Waals surface area contributed by atoms with Crippen LogP contribution in [-0.4, -0.2) is 21.1 Å². The number of aromatic nitrogens is 3. The summed E-state index contributed by atoms with van der Waals surface area (Å²) in [4.78, 5) is 19.0. The predicted octanol–water partition coefficient (Wildman–Crippen LogP) is 3.34. The minimum atomic E-state index is -0.221. The number of H-pyrrole nitrogens is 1. The molecule has 0 bridgehead atoms. The zero-order chi connectivity index (χ0) is 14.2. The van der Waals surface area contributed by atoms with E-state index in [0.717, 1.165) is 29.1 Å². The summed E-state index contributed by atoms with van der Waals surface area (Å²) in [5, 5.41) is 12.5. The summed E-state index contributed by atoms with van der Waals surface area (Å²) in [6.45, 7) is 0. The molecule has 4 rings (SSSR count). The SMILES string of the molecule is O=C(Nc1nc2c(s1)CCC2)c1cc(-c2cccs2)[nH]n1. The lowest BCUT2D eigenvalue weighted by Gasteiger charge is -1.97. The van der Waals surface area contributed by atoms with Gasteiger partial charge in [0.1, 0.15) is 0 Å². The number of hydrogen-bond acceptors (Lipinski definition) is 5. The van der Waals surface area contributed by atoms with E-state index in [1.165, 1.54) is 11.3 Å². The monoisotopic (exact) mass is 316 g/mol. The van der Waals surface area contributed by atoms with Crippen LogP contribution in [0.15, 0.2) is 23.6 Å². The van der Waals surface area contributed by atoms with Gasteiger partial charge in [-0.3, -0.25) is 15.2 Å². The van der Waals surface area contributed by atoms with Crippen LogP contribution in [0.1, 0.15) is 27.5 Å². The number of amides is 1. The number of nitrogens with one attached hydrogen (secondary N) is 2. The van der Waals surface area contributed by atoms with Crippen LogP contribution in [0.4, 0.5) is 5.13 Å². The van der Waals surface area contributed by atoms with Crippen LogP contribution in [-0.2, 0) is 12.8 Å². The zero-order valence-electron chi connectivity index (χ0n) is 11.0. The Balaban J connectivity index is 1.52.